The molecule has 0 fully saturated rings. The maximum atomic E-state index is 12.5. The first-order chi connectivity index (χ1) is 10.1. The summed E-state index contributed by atoms with van der Waals surface area (Å²) in [5, 5.41) is 3.34. The Morgan fingerprint density at radius 2 is 2.10 bits per heavy atom. The van der Waals surface area contributed by atoms with Crippen LogP contribution in [0.3, 0.4) is 0 Å². The standard InChI is InChI=1S/C15H17N3O2S/c1-11-4-3-8-17-15(11)21(19,20)18-14-6-2-5-12-7-9-16-10-13(12)14/h2-6,8,16,18H,7,9-10H2,1H3. The molecule has 0 radical (unpaired) electrons. The van der Waals surface area contributed by atoms with Crippen LogP contribution in [-0.2, 0) is 23.0 Å². The minimum atomic E-state index is -3.67. The molecular weight excluding hydrogens is 286 g/mol. The molecule has 110 valence electrons. The summed E-state index contributed by atoms with van der Waals surface area (Å²) in [7, 11) is -3.67. The van der Waals surface area contributed by atoms with Crippen LogP contribution in [0.4, 0.5) is 5.69 Å². The van der Waals surface area contributed by atoms with E-state index in [9.17, 15) is 8.42 Å². The number of hydrogen-bond acceptors (Lipinski definition) is 4. The Bertz CT molecular complexity index is 772. The van der Waals surface area contributed by atoms with E-state index in [0.29, 0.717) is 17.8 Å². The van der Waals surface area contributed by atoms with E-state index >= 15 is 0 Å². The summed E-state index contributed by atoms with van der Waals surface area (Å²) >= 11 is 0. The number of benzene rings is 1. The lowest BCUT2D eigenvalue weighted by molar-refractivity contribution is 0.596. The number of pyridine rings is 1. The molecule has 1 aromatic carbocycles. The number of sulfonamides is 1. The van der Waals surface area contributed by atoms with Crippen molar-refractivity contribution in [1.82, 2.24) is 10.3 Å². The Balaban J connectivity index is 1.99. The average Bonchev–Trinajstić information content (AvgIpc) is 2.47. The molecule has 1 aromatic heterocycles. The van der Waals surface area contributed by atoms with Gasteiger partial charge in [0.2, 0.25) is 0 Å². The van der Waals surface area contributed by atoms with Crippen LogP contribution in [0.1, 0.15) is 16.7 Å². The monoisotopic (exact) mass is 303 g/mol. The zero-order valence-electron chi connectivity index (χ0n) is 11.8. The third-order valence-corrected chi connectivity index (χ3v) is 5.03. The highest BCUT2D eigenvalue weighted by atomic mass is 32.2. The van der Waals surface area contributed by atoms with Crippen LogP contribution >= 0.6 is 0 Å². The fraction of sp³-hybridized carbons (Fsp3) is 0.267. The van der Waals surface area contributed by atoms with Crippen LogP contribution in [0.25, 0.3) is 0 Å². The Morgan fingerprint density at radius 1 is 1.24 bits per heavy atom. The fourth-order valence-electron chi connectivity index (χ4n) is 2.56. The fourth-order valence-corrected chi connectivity index (χ4v) is 3.82. The van der Waals surface area contributed by atoms with Gasteiger partial charge in [-0.3, -0.25) is 4.72 Å². The van der Waals surface area contributed by atoms with E-state index in [2.05, 4.69) is 15.0 Å². The van der Waals surface area contributed by atoms with E-state index in [1.54, 1.807) is 25.1 Å². The normalized spacial score (nSPS) is 14.5. The van der Waals surface area contributed by atoms with Crippen LogP contribution < -0.4 is 10.0 Å². The number of rotatable bonds is 3. The summed E-state index contributed by atoms with van der Waals surface area (Å²) in [6, 6.07) is 9.18. The summed E-state index contributed by atoms with van der Waals surface area (Å²) in [6.07, 6.45) is 2.40. The van der Waals surface area contributed by atoms with Gasteiger partial charge in [-0.25, -0.2) is 4.98 Å². The summed E-state index contributed by atoms with van der Waals surface area (Å²) in [5.41, 5.74) is 3.46. The van der Waals surface area contributed by atoms with Crippen molar-refractivity contribution < 1.29 is 8.42 Å². The van der Waals surface area contributed by atoms with Gasteiger partial charge in [-0.1, -0.05) is 18.2 Å². The molecule has 1 aliphatic heterocycles. The quantitative estimate of drug-likeness (QED) is 0.907. The molecule has 5 nitrogen and oxygen atoms in total. The first-order valence-corrected chi connectivity index (χ1v) is 8.32. The molecule has 3 rings (SSSR count). The Kier molecular flexibility index (Phi) is 3.65. The van der Waals surface area contributed by atoms with Gasteiger partial charge in [-0.2, -0.15) is 8.42 Å². The molecular formula is C15H17N3O2S. The zero-order valence-corrected chi connectivity index (χ0v) is 12.6. The first kappa shape index (κ1) is 14.0. The van der Waals surface area contributed by atoms with Gasteiger partial charge in [0.25, 0.3) is 10.0 Å². The lowest BCUT2D eigenvalue weighted by atomic mass is 10.00. The summed E-state index contributed by atoms with van der Waals surface area (Å²) in [6.45, 7) is 3.33. The van der Waals surface area contributed by atoms with Gasteiger partial charge < -0.3 is 5.32 Å². The van der Waals surface area contributed by atoms with Gasteiger partial charge in [0.15, 0.2) is 5.03 Å². The van der Waals surface area contributed by atoms with Gasteiger partial charge >= 0.3 is 0 Å². The second-order valence-corrected chi connectivity index (χ2v) is 6.70. The lowest BCUT2D eigenvalue weighted by Crippen LogP contribution is -2.26. The van der Waals surface area contributed by atoms with Gasteiger partial charge in [-0.15, -0.1) is 0 Å². The molecule has 0 saturated heterocycles. The predicted molar refractivity (Wildman–Crippen MR) is 81.6 cm³/mol. The van der Waals surface area contributed by atoms with Crippen molar-refractivity contribution in [2.45, 2.75) is 24.9 Å². The predicted octanol–water partition coefficient (Wildman–Crippen LogP) is 1.84. The topological polar surface area (TPSA) is 71.1 Å². The number of aromatic nitrogens is 1. The van der Waals surface area contributed by atoms with Crippen molar-refractivity contribution in [3.63, 3.8) is 0 Å². The van der Waals surface area contributed by atoms with E-state index in [-0.39, 0.29) is 5.03 Å². The molecule has 6 heteroatoms. The Labute approximate surface area is 124 Å². The highest BCUT2D eigenvalue weighted by Crippen LogP contribution is 2.25. The van der Waals surface area contributed by atoms with E-state index in [4.69, 9.17) is 0 Å². The molecule has 2 heterocycles. The molecule has 0 bridgehead atoms. The Morgan fingerprint density at radius 3 is 2.90 bits per heavy atom. The van der Waals surface area contributed by atoms with Crippen LogP contribution in [0.2, 0.25) is 0 Å². The molecule has 2 aromatic rings. The molecule has 1 aliphatic rings. The first-order valence-electron chi connectivity index (χ1n) is 6.84. The molecule has 21 heavy (non-hydrogen) atoms. The van der Waals surface area contributed by atoms with E-state index in [1.807, 2.05) is 12.1 Å². The van der Waals surface area contributed by atoms with Crippen molar-refractivity contribution in [2.24, 2.45) is 0 Å². The largest absolute Gasteiger partial charge is 0.312 e. The van der Waals surface area contributed by atoms with Crippen molar-refractivity contribution in [3.05, 3.63) is 53.2 Å². The second-order valence-electron chi connectivity index (χ2n) is 5.10. The van der Waals surface area contributed by atoms with Crippen LogP contribution in [0.15, 0.2) is 41.6 Å². The molecule has 0 unspecified atom stereocenters. The number of aryl methyl sites for hydroxylation is 1. The highest BCUT2D eigenvalue weighted by molar-refractivity contribution is 7.92. The van der Waals surface area contributed by atoms with Crippen molar-refractivity contribution in [1.29, 1.82) is 0 Å². The SMILES string of the molecule is Cc1cccnc1S(=O)(=O)Nc1cccc2c1CNCC2. The smallest absolute Gasteiger partial charge is 0.279 e. The second kappa shape index (κ2) is 5.46. The van der Waals surface area contributed by atoms with E-state index < -0.39 is 10.0 Å². The Hall–Kier alpha value is -1.92. The number of nitrogens with one attached hydrogen (secondary N) is 2. The number of nitrogens with zero attached hydrogens (tertiary/aromatic N) is 1. The van der Waals surface area contributed by atoms with Gasteiger partial charge in [0, 0.05) is 12.7 Å². The van der Waals surface area contributed by atoms with Crippen molar-refractivity contribution in [3.8, 4) is 0 Å². The van der Waals surface area contributed by atoms with Crippen molar-refractivity contribution >= 4 is 15.7 Å². The number of hydrogen-bond donors (Lipinski definition) is 2. The van der Waals surface area contributed by atoms with E-state index in [1.165, 1.54) is 11.8 Å². The molecule has 0 aliphatic carbocycles. The average molecular weight is 303 g/mol. The minimum absolute atomic E-state index is 0.0753. The summed E-state index contributed by atoms with van der Waals surface area (Å²) in [5.74, 6) is 0. The molecule has 0 saturated carbocycles. The zero-order chi connectivity index (χ0) is 14.9. The van der Waals surface area contributed by atoms with E-state index in [0.717, 1.165) is 18.5 Å². The maximum absolute atomic E-state index is 12.5. The summed E-state index contributed by atoms with van der Waals surface area (Å²) in [4.78, 5) is 3.99. The van der Waals surface area contributed by atoms with Crippen LogP contribution in [0.5, 0.6) is 0 Å². The van der Waals surface area contributed by atoms with Crippen molar-refractivity contribution in [2.75, 3.05) is 11.3 Å². The number of anilines is 1. The number of fused-ring (bicyclic) bond motifs is 1. The van der Waals surface area contributed by atoms with Crippen LogP contribution in [-0.4, -0.2) is 19.9 Å². The minimum Gasteiger partial charge on any atom is -0.312 e. The van der Waals surface area contributed by atoms with Gasteiger partial charge in [-0.05, 0) is 48.7 Å². The molecule has 0 spiro atoms. The molecule has 2 N–H and O–H groups in total. The van der Waals surface area contributed by atoms with Crippen LogP contribution in [0, 0.1) is 6.92 Å². The molecule has 0 amide bonds. The maximum Gasteiger partial charge on any atom is 0.279 e. The third kappa shape index (κ3) is 2.77. The molecule has 0 atom stereocenters. The van der Waals surface area contributed by atoms with Gasteiger partial charge in [0.1, 0.15) is 0 Å². The van der Waals surface area contributed by atoms with Gasteiger partial charge in [0.05, 0.1) is 5.69 Å². The highest BCUT2D eigenvalue weighted by Gasteiger charge is 2.21. The third-order valence-electron chi connectivity index (χ3n) is 3.61. The lowest BCUT2D eigenvalue weighted by Gasteiger charge is -2.21. The summed E-state index contributed by atoms with van der Waals surface area (Å²) < 4.78 is 27.7.